The summed E-state index contributed by atoms with van der Waals surface area (Å²) in [6.45, 7) is 1.75. The van der Waals surface area contributed by atoms with Crippen LogP contribution in [0.25, 0.3) is 0 Å². The Morgan fingerprint density at radius 2 is 2.10 bits per heavy atom. The fraction of sp³-hybridized carbons (Fsp3) is 0.0769. The maximum Gasteiger partial charge on any atom is 0.348 e. The second kappa shape index (κ2) is 5.95. The molecule has 2 rings (SSSR count). The van der Waals surface area contributed by atoms with E-state index in [4.69, 9.17) is 16.7 Å². The molecule has 0 unspecified atom stereocenters. The minimum absolute atomic E-state index is 0.112. The summed E-state index contributed by atoms with van der Waals surface area (Å²) in [7, 11) is 0. The molecule has 104 valence electrons. The van der Waals surface area contributed by atoms with Gasteiger partial charge < -0.3 is 10.4 Å². The first-order valence-corrected chi connectivity index (χ1v) is 7.53. The summed E-state index contributed by atoms with van der Waals surface area (Å²) in [5.41, 5.74) is 1.43. The van der Waals surface area contributed by atoms with Gasteiger partial charge in [0.15, 0.2) is 0 Å². The molecule has 0 aliphatic carbocycles. The van der Waals surface area contributed by atoms with Crippen LogP contribution in [0, 0.1) is 6.92 Å². The molecule has 0 saturated carbocycles. The lowest BCUT2D eigenvalue weighted by Gasteiger charge is -2.08. The molecule has 0 fully saturated rings. The number of hydrogen-bond donors (Lipinski definition) is 2. The van der Waals surface area contributed by atoms with E-state index in [1.807, 2.05) is 0 Å². The first-order chi connectivity index (χ1) is 9.40. The van der Waals surface area contributed by atoms with Crippen molar-refractivity contribution in [2.45, 2.75) is 6.92 Å². The molecular weight excluding hydrogens is 366 g/mol. The van der Waals surface area contributed by atoms with Crippen molar-refractivity contribution in [3.63, 3.8) is 0 Å². The molecule has 1 heterocycles. The Bertz CT molecular complexity index is 699. The third-order valence-corrected chi connectivity index (χ3v) is 4.56. The summed E-state index contributed by atoms with van der Waals surface area (Å²) in [6, 6.07) is 4.78. The quantitative estimate of drug-likeness (QED) is 0.835. The molecule has 0 aliphatic heterocycles. The van der Waals surface area contributed by atoms with Crippen LogP contribution >= 0.6 is 38.9 Å². The number of halogens is 2. The Kier molecular flexibility index (Phi) is 4.47. The normalized spacial score (nSPS) is 10.3. The summed E-state index contributed by atoms with van der Waals surface area (Å²) in [5, 5.41) is 13.9. The van der Waals surface area contributed by atoms with Crippen molar-refractivity contribution >= 4 is 56.4 Å². The summed E-state index contributed by atoms with van der Waals surface area (Å²) in [6.07, 6.45) is 0. The third kappa shape index (κ3) is 3.03. The van der Waals surface area contributed by atoms with Gasteiger partial charge in [0.1, 0.15) is 4.88 Å². The smallest absolute Gasteiger partial charge is 0.348 e. The molecule has 2 N–H and O–H groups in total. The van der Waals surface area contributed by atoms with Crippen molar-refractivity contribution in [3.05, 3.63) is 49.1 Å². The van der Waals surface area contributed by atoms with E-state index in [1.54, 1.807) is 30.5 Å². The van der Waals surface area contributed by atoms with Gasteiger partial charge in [-0.25, -0.2) is 4.79 Å². The Labute approximate surface area is 132 Å². The predicted octanol–water partition coefficient (Wildman–Crippen LogP) is 4.42. The minimum Gasteiger partial charge on any atom is -0.477 e. The third-order valence-electron chi connectivity index (χ3n) is 2.58. The van der Waals surface area contributed by atoms with E-state index in [2.05, 4.69) is 21.2 Å². The lowest BCUT2D eigenvalue weighted by atomic mass is 10.2. The summed E-state index contributed by atoms with van der Waals surface area (Å²) < 4.78 is 0.548. The van der Waals surface area contributed by atoms with Crippen LogP contribution in [-0.4, -0.2) is 17.0 Å². The zero-order valence-electron chi connectivity index (χ0n) is 10.2. The predicted molar refractivity (Wildman–Crippen MR) is 83.1 cm³/mol. The first kappa shape index (κ1) is 15.0. The van der Waals surface area contributed by atoms with Gasteiger partial charge in [0.25, 0.3) is 5.91 Å². The molecule has 7 heteroatoms. The average molecular weight is 375 g/mol. The van der Waals surface area contributed by atoms with Crippen LogP contribution in [0.2, 0.25) is 5.02 Å². The van der Waals surface area contributed by atoms with Crippen molar-refractivity contribution in [1.29, 1.82) is 0 Å². The topological polar surface area (TPSA) is 66.4 Å². The summed E-state index contributed by atoms with van der Waals surface area (Å²) >= 11 is 10.2. The lowest BCUT2D eigenvalue weighted by Crippen LogP contribution is -2.14. The number of aromatic carboxylic acids is 1. The van der Waals surface area contributed by atoms with Crippen molar-refractivity contribution in [1.82, 2.24) is 0 Å². The first-order valence-electron chi connectivity index (χ1n) is 5.48. The molecule has 4 nitrogen and oxygen atoms in total. The Balaban J connectivity index is 2.33. The van der Waals surface area contributed by atoms with Crippen molar-refractivity contribution in [2.75, 3.05) is 5.32 Å². The van der Waals surface area contributed by atoms with Crippen LogP contribution in [0.15, 0.2) is 28.1 Å². The largest absolute Gasteiger partial charge is 0.477 e. The Morgan fingerprint density at radius 3 is 2.70 bits per heavy atom. The number of benzene rings is 1. The minimum atomic E-state index is -1.06. The van der Waals surface area contributed by atoms with E-state index in [9.17, 15) is 9.59 Å². The number of amides is 1. The average Bonchev–Trinajstić information content (AvgIpc) is 2.71. The molecule has 1 aromatic carbocycles. The number of carbonyl (C=O) groups excluding carboxylic acids is 1. The number of nitrogens with one attached hydrogen (secondary N) is 1. The number of aryl methyl sites for hydroxylation is 1. The monoisotopic (exact) mass is 373 g/mol. The SMILES string of the molecule is Cc1csc(C(=O)O)c1NC(=O)c1ccc(Cl)cc1Br. The molecule has 2 aromatic rings. The molecule has 0 aliphatic rings. The number of thiophene rings is 1. The summed E-state index contributed by atoms with van der Waals surface area (Å²) in [5.74, 6) is -1.45. The second-order valence-corrected chi connectivity index (χ2v) is 6.18. The molecule has 20 heavy (non-hydrogen) atoms. The maximum absolute atomic E-state index is 12.2. The van der Waals surface area contributed by atoms with Gasteiger partial charge in [-0.05, 0) is 52.0 Å². The fourth-order valence-electron chi connectivity index (χ4n) is 1.61. The number of anilines is 1. The molecule has 0 atom stereocenters. The maximum atomic E-state index is 12.2. The van der Waals surface area contributed by atoms with Gasteiger partial charge in [-0.3, -0.25) is 4.79 Å². The van der Waals surface area contributed by atoms with Gasteiger partial charge >= 0.3 is 5.97 Å². The van der Waals surface area contributed by atoms with Crippen molar-refractivity contribution < 1.29 is 14.7 Å². The van der Waals surface area contributed by atoms with Crippen LogP contribution < -0.4 is 5.32 Å². The molecule has 1 amide bonds. The number of carboxylic acid groups (broad SMARTS) is 1. The van der Waals surface area contributed by atoms with Gasteiger partial charge in [0.05, 0.1) is 11.3 Å². The molecular formula is C13H9BrClNO3S. The fourth-order valence-corrected chi connectivity index (χ4v) is 3.32. The van der Waals surface area contributed by atoms with Crippen molar-refractivity contribution in [2.24, 2.45) is 0 Å². The molecule has 0 bridgehead atoms. The molecule has 1 aromatic heterocycles. The standard InChI is InChI=1S/C13H9BrClNO3S/c1-6-5-20-11(13(18)19)10(6)16-12(17)8-3-2-7(15)4-9(8)14/h2-5H,1H3,(H,16,17)(H,18,19). The van der Waals surface area contributed by atoms with E-state index in [0.29, 0.717) is 26.3 Å². The van der Waals surface area contributed by atoms with Crippen LogP contribution in [0.1, 0.15) is 25.6 Å². The van der Waals surface area contributed by atoms with E-state index in [1.165, 1.54) is 0 Å². The highest BCUT2D eigenvalue weighted by molar-refractivity contribution is 9.10. The Hall–Kier alpha value is -1.37. The van der Waals surface area contributed by atoms with Gasteiger partial charge in [0, 0.05) is 9.50 Å². The zero-order valence-corrected chi connectivity index (χ0v) is 13.4. The van der Waals surface area contributed by atoms with Crippen LogP contribution in [0.5, 0.6) is 0 Å². The number of carboxylic acids is 1. The van der Waals surface area contributed by atoms with Crippen LogP contribution in [0.3, 0.4) is 0 Å². The number of rotatable bonds is 3. The van der Waals surface area contributed by atoms with Crippen molar-refractivity contribution in [3.8, 4) is 0 Å². The zero-order chi connectivity index (χ0) is 14.9. The van der Waals surface area contributed by atoms with Gasteiger partial charge in [0.2, 0.25) is 0 Å². The van der Waals surface area contributed by atoms with E-state index in [-0.39, 0.29) is 4.88 Å². The van der Waals surface area contributed by atoms with Gasteiger partial charge in [-0.1, -0.05) is 11.6 Å². The highest BCUT2D eigenvalue weighted by atomic mass is 79.9. The lowest BCUT2D eigenvalue weighted by molar-refractivity contribution is 0.0703. The molecule has 0 radical (unpaired) electrons. The van der Waals surface area contributed by atoms with E-state index >= 15 is 0 Å². The van der Waals surface area contributed by atoms with Crippen LogP contribution in [0.4, 0.5) is 5.69 Å². The highest BCUT2D eigenvalue weighted by Crippen LogP contribution is 2.29. The highest BCUT2D eigenvalue weighted by Gasteiger charge is 2.19. The number of carbonyl (C=O) groups is 2. The van der Waals surface area contributed by atoms with Gasteiger partial charge in [-0.15, -0.1) is 11.3 Å². The Morgan fingerprint density at radius 1 is 1.40 bits per heavy atom. The van der Waals surface area contributed by atoms with E-state index in [0.717, 1.165) is 11.3 Å². The van der Waals surface area contributed by atoms with Gasteiger partial charge in [-0.2, -0.15) is 0 Å². The second-order valence-electron chi connectivity index (χ2n) is 4.01. The van der Waals surface area contributed by atoms with E-state index < -0.39 is 11.9 Å². The van der Waals surface area contributed by atoms with Crippen LogP contribution in [-0.2, 0) is 0 Å². The molecule has 0 spiro atoms. The summed E-state index contributed by atoms with van der Waals surface area (Å²) in [4.78, 5) is 23.4. The molecule has 0 saturated heterocycles. The number of hydrogen-bond acceptors (Lipinski definition) is 3.